The molecule has 1 aliphatic heterocycles. The predicted octanol–water partition coefficient (Wildman–Crippen LogP) is 2.04. The Morgan fingerprint density at radius 2 is 2.21 bits per heavy atom. The molecule has 1 aromatic rings. The third-order valence-corrected chi connectivity index (χ3v) is 4.29. The topological polar surface area (TPSA) is 20.3 Å². The molecule has 76 valence electrons. The second kappa shape index (κ2) is 3.39. The lowest BCUT2D eigenvalue weighted by molar-refractivity contribution is 0.667. The highest BCUT2D eigenvalue weighted by molar-refractivity contribution is 7.87. The lowest BCUT2D eigenvalue weighted by Crippen LogP contribution is -2.34. The Labute approximate surface area is 87.5 Å². The van der Waals surface area contributed by atoms with Crippen LogP contribution in [0.4, 0.5) is 5.69 Å². The van der Waals surface area contributed by atoms with Gasteiger partial charge in [-0.2, -0.15) is 0 Å². The molecule has 1 heterocycles. The minimum absolute atomic E-state index is 0.231. The molecule has 1 aliphatic rings. The van der Waals surface area contributed by atoms with Crippen molar-refractivity contribution in [2.75, 3.05) is 11.4 Å². The average molecular weight is 209 g/mol. The molecule has 2 nitrogen and oxygen atoms in total. The van der Waals surface area contributed by atoms with Gasteiger partial charge in [-0.3, -0.25) is 4.31 Å². The average Bonchev–Trinajstić information content (AvgIpc) is 2.14. The van der Waals surface area contributed by atoms with Crippen LogP contribution < -0.4 is 4.31 Å². The van der Waals surface area contributed by atoms with Gasteiger partial charge in [0, 0.05) is 7.05 Å². The third-order valence-electron chi connectivity index (χ3n) is 2.70. The number of rotatable bonds is 0. The monoisotopic (exact) mass is 209 g/mol. The summed E-state index contributed by atoms with van der Waals surface area (Å²) in [5.74, 6) is 0. The molecule has 1 aromatic carbocycles. The highest BCUT2D eigenvalue weighted by Gasteiger charge is 2.25. The summed E-state index contributed by atoms with van der Waals surface area (Å²) < 4.78 is 13.7. The number of hydrogen-bond acceptors (Lipinski definition) is 1. The smallest absolute Gasteiger partial charge is 0.122 e. The van der Waals surface area contributed by atoms with E-state index < -0.39 is 11.0 Å². The van der Waals surface area contributed by atoms with Gasteiger partial charge in [0.1, 0.15) is 11.0 Å². The van der Waals surface area contributed by atoms with Crippen LogP contribution in [0.5, 0.6) is 0 Å². The van der Waals surface area contributed by atoms with E-state index in [0.29, 0.717) is 0 Å². The molecule has 0 amide bonds. The van der Waals surface area contributed by atoms with E-state index in [1.165, 1.54) is 11.1 Å². The second-order valence-electron chi connectivity index (χ2n) is 3.92. The molecule has 0 aliphatic carbocycles. The summed E-state index contributed by atoms with van der Waals surface area (Å²) in [6.07, 6.45) is 0.925. The lowest BCUT2D eigenvalue weighted by Gasteiger charge is -2.30. The minimum atomic E-state index is -0.864. The van der Waals surface area contributed by atoms with Gasteiger partial charge in [-0.05, 0) is 31.9 Å². The molecule has 0 fully saturated rings. The molecule has 3 heteroatoms. The van der Waals surface area contributed by atoms with Crippen LogP contribution >= 0.6 is 0 Å². The van der Waals surface area contributed by atoms with E-state index in [-0.39, 0.29) is 5.25 Å². The van der Waals surface area contributed by atoms with Gasteiger partial charge in [0.15, 0.2) is 0 Å². The largest absolute Gasteiger partial charge is 0.294 e. The van der Waals surface area contributed by atoms with Gasteiger partial charge in [-0.15, -0.1) is 0 Å². The first-order valence-corrected chi connectivity index (χ1v) is 6.00. The summed E-state index contributed by atoms with van der Waals surface area (Å²) in [5, 5.41) is 0.231. The number of hydrogen-bond donors (Lipinski definition) is 0. The molecule has 0 aromatic heterocycles. The van der Waals surface area contributed by atoms with Crippen molar-refractivity contribution in [1.82, 2.24) is 0 Å². The summed E-state index contributed by atoms with van der Waals surface area (Å²) in [4.78, 5) is 0. The van der Waals surface area contributed by atoms with Crippen molar-refractivity contribution in [2.24, 2.45) is 0 Å². The second-order valence-corrected chi connectivity index (χ2v) is 5.83. The van der Waals surface area contributed by atoms with Gasteiger partial charge >= 0.3 is 0 Å². The predicted molar refractivity (Wildman–Crippen MR) is 60.9 cm³/mol. The normalized spacial score (nSPS) is 26.1. The van der Waals surface area contributed by atoms with Crippen LogP contribution in [0, 0.1) is 6.92 Å². The highest BCUT2D eigenvalue weighted by Crippen LogP contribution is 2.29. The minimum Gasteiger partial charge on any atom is -0.294 e. The molecule has 0 bridgehead atoms. The fourth-order valence-corrected chi connectivity index (χ4v) is 3.17. The Kier molecular flexibility index (Phi) is 2.35. The number of benzene rings is 1. The van der Waals surface area contributed by atoms with Crippen LogP contribution in [0.15, 0.2) is 18.2 Å². The SMILES string of the molecule is Cc1ccc2c(c1)CC(C)S(=O)N2C. The zero-order valence-corrected chi connectivity index (χ0v) is 9.60. The molecule has 0 N–H and O–H groups in total. The summed E-state index contributed by atoms with van der Waals surface area (Å²) in [6.45, 7) is 4.13. The van der Waals surface area contributed by atoms with Crippen molar-refractivity contribution in [3.8, 4) is 0 Å². The van der Waals surface area contributed by atoms with E-state index in [2.05, 4.69) is 25.1 Å². The third kappa shape index (κ3) is 1.46. The van der Waals surface area contributed by atoms with Crippen molar-refractivity contribution in [1.29, 1.82) is 0 Å². The fraction of sp³-hybridized carbons (Fsp3) is 0.455. The lowest BCUT2D eigenvalue weighted by atomic mass is 10.0. The van der Waals surface area contributed by atoms with Gasteiger partial charge in [-0.1, -0.05) is 17.7 Å². The standard InChI is InChI=1S/C11H15NOS/c1-8-4-5-11-10(6-8)7-9(2)14(13)12(11)3/h4-6,9H,7H2,1-3H3. The van der Waals surface area contributed by atoms with Crippen molar-refractivity contribution < 1.29 is 4.21 Å². The summed E-state index contributed by atoms with van der Waals surface area (Å²) in [5.41, 5.74) is 3.71. The molecule has 0 saturated heterocycles. The van der Waals surface area contributed by atoms with E-state index in [1.807, 2.05) is 18.3 Å². The van der Waals surface area contributed by atoms with Gasteiger partial charge in [-0.25, -0.2) is 4.21 Å². The van der Waals surface area contributed by atoms with E-state index in [0.717, 1.165) is 12.1 Å². The summed E-state index contributed by atoms with van der Waals surface area (Å²) >= 11 is 0. The molecule has 14 heavy (non-hydrogen) atoms. The van der Waals surface area contributed by atoms with Crippen molar-refractivity contribution in [3.63, 3.8) is 0 Å². The molecular formula is C11H15NOS. The number of fused-ring (bicyclic) bond motifs is 1. The summed E-state index contributed by atoms with van der Waals surface area (Å²) in [7, 11) is 1.04. The molecule has 0 spiro atoms. The molecular weight excluding hydrogens is 194 g/mol. The highest BCUT2D eigenvalue weighted by atomic mass is 32.2. The zero-order chi connectivity index (χ0) is 10.3. The molecule has 2 atom stereocenters. The van der Waals surface area contributed by atoms with Crippen LogP contribution in [-0.4, -0.2) is 16.5 Å². The van der Waals surface area contributed by atoms with E-state index in [9.17, 15) is 4.21 Å². The van der Waals surface area contributed by atoms with Crippen LogP contribution in [-0.2, 0) is 17.4 Å². The maximum atomic E-state index is 11.8. The number of anilines is 1. The Morgan fingerprint density at radius 3 is 2.93 bits per heavy atom. The van der Waals surface area contributed by atoms with E-state index in [1.54, 1.807) is 0 Å². The molecule has 0 radical (unpaired) electrons. The van der Waals surface area contributed by atoms with Crippen molar-refractivity contribution >= 4 is 16.7 Å². The van der Waals surface area contributed by atoms with Gasteiger partial charge in [0.2, 0.25) is 0 Å². The quantitative estimate of drug-likeness (QED) is 0.640. The zero-order valence-electron chi connectivity index (χ0n) is 8.78. The van der Waals surface area contributed by atoms with E-state index >= 15 is 0 Å². The number of nitrogens with zero attached hydrogens (tertiary/aromatic N) is 1. The van der Waals surface area contributed by atoms with Crippen LogP contribution in [0.2, 0.25) is 0 Å². The Hall–Kier alpha value is -0.830. The molecule has 0 saturated carbocycles. The van der Waals surface area contributed by atoms with E-state index in [4.69, 9.17) is 0 Å². The first-order valence-electron chi connectivity index (χ1n) is 4.83. The van der Waals surface area contributed by atoms with Crippen LogP contribution in [0.3, 0.4) is 0 Å². The van der Waals surface area contributed by atoms with Gasteiger partial charge < -0.3 is 0 Å². The fourth-order valence-electron chi connectivity index (χ4n) is 1.93. The van der Waals surface area contributed by atoms with Crippen molar-refractivity contribution in [3.05, 3.63) is 29.3 Å². The Morgan fingerprint density at radius 1 is 1.50 bits per heavy atom. The Bertz CT molecular complexity index is 389. The maximum absolute atomic E-state index is 11.8. The van der Waals surface area contributed by atoms with Crippen molar-refractivity contribution in [2.45, 2.75) is 25.5 Å². The van der Waals surface area contributed by atoms with Gasteiger partial charge in [0.25, 0.3) is 0 Å². The van der Waals surface area contributed by atoms with Crippen LogP contribution in [0.1, 0.15) is 18.1 Å². The first-order chi connectivity index (χ1) is 6.59. The summed E-state index contributed by atoms with van der Waals surface area (Å²) in [6, 6.07) is 6.33. The first kappa shape index (κ1) is 9.71. The molecule has 2 unspecified atom stereocenters. The Balaban J connectivity index is 2.50. The maximum Gasteiger partial charge on any atom is 0.122 e. The number of aryl methyl sites for hydroxylation is 1. The van der Waals surface area contributed by atoms with Crippen LogP contribution in [0.25, 0.3) is 0 Å². The van der Waals surface area contributed by atoms with Gasteiger partial charge in [0.05, 0.1) is 10.9 Å². The molecule has 2 rings (SSSR count).